The Morgan fingerprint density at radius 1 is 1.33 bits per heavy atom. The number of nitrogens with zero attached hydrogens (tertiary/aromatic N) is 1. The molecule has 0 radical (unpaired) electrons. The van der Waals surface area contributed by atoms with E-state index in [-0.39, 0.29) is 18.6 Å². The first-order valence-corrected chi connectivity index (χ1v) is 7.81. The zero-order valence-corrected chi connectivity index (χ0v) is 12.9. The molecule has 0 spiro atoms. The molecule has 1 atom stereocenters. The Balaban J connectivity index is 2.08. The zero-order chi connectivity index (χ0) is 15.2. The van der Waals surface area contributed by atoms with Crippen LogP contribution in [0, 0.1) is 0 Å². The molecule has 4 nitrogen and oxygen atoms in total. The lowest BCUT2D eigenvalue weighted by molar-refractivity contribution is 0.0574. The summed E-state index contributed by atoms with van der Waals surface area (Å²) >= 11 is 4.89. The summed E-state index contributed by atoms with van der Waals surface area (Å²) in [6.45, 7) is 0.902. The number of amides is 1. The molecule has 114 valence electrons. The molecule has 21 heavy (non-hydrogen) atoms. The van der Waals surface area contributed by atoms with Crippen LogP contribution >= 0.6 is 12.2 Å². The van der Waals surface area contributed by atoms with Crippen molar-refractivity contribution in [2.24, 2.45) is 5.73 Å². The number of carbonyl (C=O) groups is 1. The highest BCUT2D eigenvalue weighted by atomic mass is 32.1. The number of piperidine rings is 1. The molecule has 1 heterocycles. The number of aliphatic hydroxyl groups excluding tert-OH is 1. The molecule has 1 amide bonds. The molecular weight excluding hydrogens is 284 g/mol. The van der Waals surface area contributed by atoms with E-state index in [2.05, 4.69) is 0 Å². The van der Waals surface area contributed by atoms with Gasteiger partial charge in [0.25, 0.3) is 5.91 Å². The minimum Gasteiger partial charge on any atom is -0.396 e. The van der Waals surface area contributed by atoms with E-state index in [1.54, 1.807) is 0 Å². The summed E-state index contributed by atoms with van der Waals surface area (Å²) in [6, 6.07) is 7.63. The van der Waals surface area contributed by atoms with Crippen LogP contribution in [0.2, 0.25) is 0 Å². The molecule has 2 rings (SSSR count). The maximum Gasteiger partial charge on any atom is 0.254 e. The molecule has 1 fully saturated rings. The van der Waals surface area contributed by atoms with Crippen molar-refractivity contribution in [1.82, 2.24) is 4.90 Å². The van der Waals surface area contributed by atoms with Gasteiger partial charge in [0, 0.05) is 31.2 Å². The van der Waals surface area contributed by atoms with Gasteiger partial charge in [-0.05, 0) is 43.4 Å². The van der Waals surface area contributed by atoms with Crippen LogP contribution in [0.5, 0.6) is 0 Å². The van der Waals surface area contributed by atoms with Gasteiger partial charge in [0.05, 0.1) is 4.99 Å². The summed E-state index contributed by atoms with van der Waals surface area (Å²) in [5.41, 5.74) is 7.23. The lowest BCUT2D eigenvalue weighted by Crippen LogP contribution is -2.44. The van der Waals surface area contributed by atoms with Crippen LogP contribution in [0.25, 0.3) is 0 Å². The Kier molecular flexibility index (Phi) is 5.70. The Labute approximate surface area is 130 Å². The van der Waals surface area contributed by atoms with Crippen molar-refractivity contribution in [3.63, 3.8) is 0 Å². The second-order valence-electron chi connectivity index (χ2n) is 5.50. The van der Waals surface area contributed by atoms with Gasteiger partial charge >= 0.3 is 0 Å². The van der Waals surface area contributed by atoms with E-state index < -0.39 is 0 Å². The van der Waals surface area contributed by atoms with Gasteiger partial charge in [-0.25, -0.2) is 0 Å². The summed E-state index contributed by atoms with van der Waals surface area (Å²) in [5.74, 6) is 0.0509. The van der Waals surface area contributed by atoms with Crippen LogP contribution in [-0.4, -0.2) is 40.1 Å². The molecule has 0 aliphatic carbocycles. The monoisotopic (exact) mass is 306 g/mol. The fraction of sp³-hybridized carbons (Fsp3) is 0.500. The van der Waals surface area contributed by atoms with E-state index >= 15 is 0 Å². The zero-order valence-electron chi connectivity index (χ0n) is 12.1. The molecule has 0 saturated carbocycles. The van der Waals surface area contributed by atoms with Crippen LogP contribution < -0.4 is 5.73 Å². The number of carbonyl (C=O) groups excluding carboxylic acids is 1. The Morgan fingerprint density at radius 2 is 2.05 bits per heavy atom. The second-order valence-corrected chi connectivity index (χ2v) is 6.02. The average Bonchev–Trinajstić information content (AvgIpc) is 2.48. The first-order valence-electron chi connectivity index (χ1n) is 7.41. The summed E-state index contributed by atoms with van der Waals surface area (Å²) in [5, 5.41) is 9.15. The lowest BCUT2D eigenvalue weighted by atomic mass is 9.98. The number of aliphatic hydroxyl groups is 1. The van der Waals surface area contributed by atoms with Crippen LogP contribution in [0.4, 0.5) is 0 Å². The number of hydrogen-bond donors (Lipinski definition) is 2. The molecule has 1 unspecified atom stereocenters. The van der Waals surface area contributed by atoms with Crippen molar-refractivity contribution in [2.45, 2.75) is 38.1 Å². The summed E-state index contributed by atoms with van der Waals surface area (Å²) < 4.78 is 0. The van der Waals surface area contributed by atoms with Crippen molar-refractivity contribution < 1.29 is 9.90 Å². The highest BCUT2D eigenvalue weighted by molar-refractivity contribution is 7.80. The molecule has 3 N–H and O–H groups in total. The largest absolute Gasteiger partial charge is 0.396 e. The van der Waals surface area contributed by atoms with Crippen molar-refractivity contribution in [1.29, 1.82) is 0 Å². The number of benzene rings is 1. The maximum atomic E-state index is 12.6. The van der Waals surface area contributed by atoms with E-state index in [1.807, 2.05) is 29.2 Å². The van der Waals surface area contributed by atoms with Crippen molar-refractivity contribution in [3.05, 3.63) is 35.4 Å². The predicted octanol–water partition coefficient (Wildman–Crippen LogP) is 1.89. The molecule has 1 aromatic carbocycles. The minimum atomic E-state index is 0.0509. The van der Waals surface area contributed by atoms with Gasteiger partial charge in [-0.2, -0.15) is 0 Å². The van der Waals surface area contributed by atoms with Gasteiger partial charge in [0.15, 0.2) is 0 Å². The second kappa shape index (κ2) is 7.52. The number of likely N-dealkylation sites (tertiary alicyclic amines) is 1. The third-order valence-electron chi connectivity index (χ3n) is 3.93. The van der Waals surface area contributed by atoms with E-state index in [1.165, 1.54) is 0 Å². The number of thiocarbonyl (C=S) groups is 1. The fourth-order valence-electron chi connectivity index (χ4n) is 2.85. The maximum absolute atomic E-state index is 12.6. The molecule has 5 heteroatoms. The minimum absolute atomic E-state index is 0.0509. The van der Waals surface area contributed by atoms with Gasteiger partial charge in [0.1, 0.15) is 0 Å². The van der Waals surface area contributed by atoms with Gasteiger partial charge in [-0.3, -0.25) is 4.79 Å². The van der Waals surface area contributed by atoms with Crippen LogP contribution in [0.3, 0.4) is 0 Å². The first kappa shape index (κ1) is 15.9. The highest BCUT2D eigenvalue weighted by Crippen LogP contribution is 2.22. The third-order valence-corrected chi connectivity index (χ3v) is 4.07. The van der Waals surface area contributed by atoms with Gasteiger partial charge in [-0.15, -0.1) is 0 Å². The summed E-state index contributed by atoms with van der Waals surface area (Å²) in [7, 11) is 0. The SMILES string of the molecule is NC(=S)Cc1ccc(C(=O)N2CCCCC2CCO)cc1. The van der Waals surface area contributed by atoms with Crippen molar-refractivity contribution in [2.75, 3.05) is 13.2 Å². The van der Waals surface area contributed by atoms with Gasteiger partial charge in [0.2, 0.25) is 0 Å². The fourth-order valence-corrected chi connectivity index (χ4v) is 3.02. The van der Waals surface area contributed by atoms with Crippen LogP contribution in [0.1, 0.15) is 41.6 Å². The van der Waals surface area contributed by atoms with Crippen LogP contribution in [-0.2, 0) is 6.42 Å². The van der Waals surface area contributed by atoms with Gasteiger partial charge in [-0.1, -0.05) is 24.4 Å². The quantitative estimate of drug-likeness (QED) is 0.815. The number of nitrogens with two attached hydrogens (primary N) is 1. The Hall–Kier alpha value is -1.46. The van der Waals surface area contributed by atoms with Gasteiger partial charge < -0.3 is 15.7 Å². The van der Waals surface area contributed by atoms with E-state index in [0.717, 1.165) is 31.4 Å². The topological polar surface area (TPSA) is 66.6 Å². The normalized spacial score (nSPS) is 18.5. The molecule has 1 aliphatic rings. The summed E-state index contributed by atoms with van der Waals surface area (Å²) in [4.78, 5) is 15.0. The smallest absolute Gasteiger partial charge is 0.254 e. The molecule has 1 aliphatic heterocycles. The van der Waals surface area contributed by atoms with E-state index in [4.69, 9.17) is 23.1 Å². The van der Waals surface area contributed by atoms with Crippen molar-refractivity contribution >= 4 is 23.1 Å². The first-order chi connectivity index (χ1) is 10.1. The molecule has 1 aromatic rings. The lowest BCUT2D eigenvalue weighted by Gasteiger charge is -2.35. The standard InChI is InChI=1S/C16H22N2O2S/c17-15(21)11-12-4-6-13(7-5-12)16(20)18-9-2-1-3-14(18)8-10-19/h4-7,14,19H,1-3,8-11H2,(H2,17,21). The van der Waals surface area contributed by atoms with Crippen LogP contribution in [0.15, 0.2) is 24.3 Å². The molecule has 0 aromatic heterocycles. The summed E-state index contributed by atoms with van der Waals surface area (Å²) in [6.07, 6.45) is 4.35. The number of hydrogen-bond acceptors (Lipinski definition) is 3. The van der Waals surface area contributed by atoms with E-state index in [0.29, 0.717) is 23.4 Å². The molecule has 1 saturated heterocycles. The average molecular weight is 306 g/mol. The Bertz CT molecular complexity index is 500. The molecule has 0 bridgehead atoms. The highest BCUT2D eigenvalue weighted by Gasteiger charge is 2.26. The molecular formula is C16H22N2O2S. The third kappa shape index (κ3) is 4.25. The number of rotatable bonds is 5. The van der Waals surface area contributed by atoms with Crippen molar-refractivity contribution in [3.8, 4) is 0 Å². The van der Waals surface area contributed by atoms with E-state index in [9.17, 15) is 4.79 Å². The Morgan fingerprint density at radius 3 is 2.67 bits per heavy atom. The predicted molar refractivity (Wildman–Crippen MR) is 87.3 cm³/mol.